The maximum absolute atomic E-state index is 5.61. The summed E-state index contributed by atoms with van der Waals surface area (Å²) in [5.41, 5.74) is 0. The summed E-state index contributed by atoms with van der Waals surface area (Å²) in [6.45, 7) is 2.78. The summed E-state index contributed by atoms with van der Waals surface area (Å²) in [5.74, 6) is 0.864. The Labute approximate surface area is 99.5 Å². The smallest absolute Gasteiger partial charge is 0.0635 e. The second-order valence-corrected chi connectivity index (χ2v) is 5.49. The van der Waals surface area contributed by atoms with Crippen LogP contribution in [-0.4, -0.2) is 50.8 Å². The van der Waals surface area contributed by atoms with E-state index in [1.54, 1.807) is 0 Å². The Morgan fingerprint density at radius 2 is 1.94 bits per heavy atom. The molecule has 0 aromatic rings. The van der Waals surface area contributed by atoms with Crippen LogP contribution in [0.2, 0.25) is 0 Å². The second-order valence-electron chi connectivity index (χ2n) is 5.49. The van der Waals surface area contributed by atoms with Crippen molar-refractivity contribution >= 4 is 0 Å². The van der Waals surface area contributed by atoms with Gasteiger partial charge in [-0.2, -0.15) is 0 Å². The fourth-order valence-electron chi connectivity index (χ4n) is 3.39. The Kier molecular flexibility index (Phi) is 4.62. The molecule has 2 rings (SSSR count). The molecule has 2 fully saturated rings. The maximum Gasteiger partial charge on any atom is 0.0635 e. The molecule has 1 N–H and O–H groups in total. The van der Waals surface area contributed by atoms with Gasteiger partial charge in [0.25, 0.3) is 0 Å². The normalized spacial score (nSPS) is 30.6. The van der Waals surface area contributed by atoms with Crippen LogP contribution in [0.15, 0.2) is 0 Å². The molecule has 3 nitrogen and oxygen atoms in total. The molecule has 3 heteroatoms. The molecule has 1 saturated carbocycles. The molecule has 0 radical (unpaired) electrons. The van der Waals surface area contributed by atoms with Crippen LogP contribution in [0.3, 0.4) is 0 Å². The van der Waals surface area contributed by atoms with Gasteiger partial charge in [0.2, 0.25) is 0 Å². The first kappa shape index (κ1) is 12.3. The zero-order chi connectivity index (χ0) is 11.4. The molecule has 1 saturated heterocycles. The van der Waals surface area contributed by atoms with Gasteiger partial charge in [-0.3, -0.25) is 0 Å². The van der Waals surface area contributed by atoms with E-state index >= 15 is 0 Å². The van der Waals surface area contributed by atoms with Crippen LogP contribution in [0.4, 0.5) is 0 Å². The van der Waals surface area contributed by atoms with Crippen molar-refractivity contribution in [2.24, 2.45) is 5.92 Å². The van der Waals surface area contributed by atoms with Gasteiger partial charge in [0.05, 0.1) is 13.2 Å². The molecule has 1 aliphatic heterocycles. The summed E-state index contributed by atoms with van der Waals surface area (Å²) >= 11 is 0. The molecule has 0 bridgehead atoms. The summed E-state index contributed by atoms with van der Waals surface area (Å²) in [6, 6.07) is 1.19. The van der Waals surface area contributed by atoms with Gasteiger partial charge < -0.3 is 15.0 Å². The molecule has 0 aromatic heterocycles. The van der Waals surface area contributed by atoms with Crippen LogP contribution in [-0.2, 0) is 4.74 Å². The standard InChI is InChI=1S/C13H26N2O/c1-15(2)13(11-6-4-3-5-7-11)12-10-16-9-8-14-12/h11-14H,3-10H2,1-2H3. The summed E-state index contributed by atoms with van der Waals surface area (Å²) in [5, 5.41) is 3.63. The maximum atomic E-state index is 5.61. The third-order valence-corrected chi connectivity index (χ3v) is 4.09. The fraction of sp³-hybridized carbons (Fsp3) is 1.00. The number of nitrogens with one attached hydrogen (secondary N) is 1. The zero-order valence-electron chi connectivity index (χ0n) is 10.7. The molecular formula is C13H26N2O. The van der Waals surface area contributed by atoms with Gasteiger partial charge in [-0.05, 0) is 32.9 Å². The van der Waals surface area contributed by atoms with E-state index in [0.717, 1.165) is 25.7 Å². The number of morpholine rings is 1. The fourth-order valence-corrected chi connectivity index (χ4v) is 3.39. The van der Waals surface area contributed by atoms with E-state index in [4.69, 9.17) is 4.74 Å². The van der Waals surface area contributed by atoms with E-state index in [9.17, 15) is 0 Å². The summed E-state index contributed by atoms with van der Waals surface area (Å²) in [6.07, 6.45) is 7.08. The quantitative estimate of drug-likeness (QED) is 0.789. The molecule has 1 aliphatic carbocycles. The average molecular weight is 226 g/mol. The third kappa shape index (κ3) is 2.96. The number of hydrogen-bond acceptors (Lipinski definition) is 3. The molecule has 1 heterocycles. The summed E-state index contributed by atoms with van der Waals surface area (Å²) < 4.78 is 5.61. The van der Waals surface area contributed by atoms with Gasteiger partial charge in [0.1, 0.15) is 0 Å². The first-order valence-electron chi connectivity index (χ1n) is 6.76. The minimum Gasteiger partial charge on any atom is -0.378 e. The highest BCUT2D eigenvalue weighted by Gasteiger charge is 2.33. The molecule has 94 valence electrons. The van der Waals surface area contributed by atoms with Gasteiger partial charge in [-0.15, -0.1) is 0 Å². The molecule has 2 atom stereocenters. The minimum absolute atomic E-state index is 0.534. The van der Waals surface area contributed by atoms with Crippen molar-refractivity contribution in [2.75, 3.05) is 33.9 Å². The molecule has 0 amide bonds. The SMILES string of the molecule is CN(C)C(C1CCCCC1)C1COCCN1. The van der Waals surface area contributed by atoms with Crippen molar-refractivity contribution < 1.29 is 4.74 Å². The number of nitrogens with zero attached hydrogens (tertiary/aromatic N) is 1. The first-order valence-corrected chi connectivity index (χ1v) is 6.76. The highest BCUT2D eigenvalue weighted by atomic mass is 16.5. The van der Waals surface area contributed by atoms with Gasteiger partial charge in [-0.1, -0.05) is 19.3 Å². The molecule has 0 aromatic carbocycles. The van der Waals surface area contributed by atoms with Gasteiger partial charge >= 0.3 is 0 Å². The Hall–Kier alpha value is -0.120. The van der Waals surface area contributed by atoms with Crippen LogP contribution in [0.1, 0.15) is 32.1 Å². The van der Waals surface area contributed by atoms with E-state index in [1.807, 2.05) is 0 Å². The summed E-state index contributed by atoms with van der Waals surface area (Å²) in [7, 11) is 4.44. The van der Waals surface area contributed by atoms with Gasteiger partial charge in [0.15, 0.2) is 0 Å². The molecule has 16 heavy (non-hydrogen) atoms. The first-order chi connectivity index (χ1) is 7.79. The van der Waals surface area contributed by atoms with Crippen molar-refractivity contribution in [3.63, 3.8) is 0 Å². The second kappa shape index (κ2) is 5.99. The zero-order valence-corrected chi connectivity index (χ0v) is 10.7. The van der Waals surface area contributed by atoms with E-state index < -0.39 is 0 Å². The predicted octanol–water partition coefficient (Wildman–Crippen LogP) is 1.49. The highest BCUT2D eigenvalue weighted by Crippen LogP contribution is 2.30. The van der Waals surface area contributed by atoms with Crippen molar-refractivity contribution in [1.29, 1.82) is 0 Å². The lowest BCUT2D eigenvalue weighted by Crippen LogP contribution is -2.56. The topological polar surface area (TPSA) is 24.5 Å². The van der Waals surface area contributed by atoms with Crippen molar-refractivity contribution in [1.82, 2.24) is 10.2 Å². The predicted molar refractivity (Wildman–Crippen MR) is 66.7 cm³/mol. The van der Waals surface area contributed by atoms with Crippen molar-refractivity contribution in [2.45, 2.75) is 44.2 Å². The van der Waals surface area contributed by atoms with Crippen LogP contribution >= 0.6 is 0 Å². The Morgan fingerprint density at radius 3 is 2.50 bits per heavy atom. The Balaban J connectivity index is 1.96. The van der Waals surface area contributed by atoms with E-state index in [0.29, 0.717) is 12.1 Å². The Morgan fingerprint density at radius 1 is 1.19 bits per heavy atom. The number of ether oxygens (including phenoxy) is 1. The number of hydrogen-bond donors (Lipinski definition) is 1. The largest absolute Gasteiger partial charge is 0.378 e. The lowest BCUT2D eigenvalue weighted by Gasteiger charge is -2.41. The molecular weight excluding hydrogens is 200 g/mol. The molecule has 0 spiro atoms. The van der Waals surface area contributed by atoms with Crippen LogP contribution in [0.5, 0.6) is 0 Å². The van der Waals surface area contributed by atoms with Gasteiger partial charge in [0, 0.05) is 18.6 Å². The molecule has 2 aliphatic rings. The van der Waals surface area contributed by atoms with Crippen molar-refractivity contribution in [3.8, 4) is 0 Å². The minimum atomic E-state index is 0.534. The number of rotatable bonds is 3. The molecule has 2 unspecified atom stereocenters. The third-order valence-electron chi connectivity index (χ3n) is 4.09. The van der Waals surface area contributed by atoms with Crippen LogP contribution < -0.4 is 5.32 Å². The monoisotopic (exact) mass is 226 g/mol. The van der Waals surface area contributed by atoms with E-state index in [2.05, 4.69) is 24.3 Å². The van der Waals surface area contributed by atoms with E-state index in [1.165, 1.54) is 32.1 Å². The Bertz CT molecular complexity index is 178. The average Bonchev–Trinajstić information content (AvgIpc) is 2.31. The van der Waals surface area contributed by atoms with Crippen molar-refractivity contribution in [3.05, 3.63) is 0 Å². The van der Waals surface area contributed by atoms with Crippen LogP contribution in [0, 0.1) is 5.92 Å². The van der Waals surface area contributed by atoms with Gasteiger partial charge in [-0.25, -0.2) is 0 Å². The highest BCUT2D eigenvalue weighted by molar-refractivity contribution is 4.90. The van der Waals surface area contributed by atoms with Crippen LogP contribution in [0.25, 0.3) is 0 Å². The summed E-state index contributed by atoms with van der Waals surface area (Å²) in [4.78, 5) is 2.41. The number of likely N-dealkylation sites (N-methyl/N-ethyl adjacent to an activating group) is 1. The van der Waals surface area contributed by atoms with E-state index in [-0.39, 0.29) is 0 Å². The lowest BCUT2D eigenvalue weighted by molar-refractivity contribution is 0.0241. The lowest BCUT2D eigenvalue weighted by atomic mass is 9.80.